The molecule has 0 fully saturated rings. The van der Waals surface area contributed by atoms with E-state index in [1.54, 1.807) is 12.1 Å². The van der Waals surface area contributed by atoms with E-state index in [0.717, 1.165) is 11.3 Å². The Kier molecular flexibility index (Phi) is 3.62. The molecule has 3 rings (SSSR count). The molecule has 0 saturated heterocycles. The number of fused-ring (bicyclic) bond motifs is 1. The van der Waals surface area contributed by atoms with Gasteiger partial charge in [-0.05, 0) is 23.8 Å². The Morgan fingerprint density at radius 3 is 2.86 bits per heavy atom. The van der Waals surface area contributed by atoms with E-state index in [-0.39, 0.29) is 5.91 Å². The van der Waals surface area contributed by atoms with Gasteiger partial charge in [-0.2, -0.15) is 0 Å². The molecule has 2 aromatic rings. The number of ether oxygens (including phenoxy) is 2. The van der Waals surface area contributed by atoms with Gasteiger partial charge >= 0.3 is 5.97 Å². The molecule has 0 bridgehead atoms. The molecule has 1 aromatic heterocycles. The van der Waals surface area contributed by atoms with E-state index in [4.69, 9.17) is 4.74 Å². The first-order chi connectivity index (χ1) is 10.2. The molecule has 0 spiro atoms. The van der Waals surface area contributed by atoms with Crippen LogP contribution < -0.4 is 10.1 Å². The van der Waals surface area contributed by atoms with Crippen molar-refractivity contribution in [2.75, 3.05) is 12.4 Å². The van der Waals surface area contributed by atoms with E-state index in [2.05, 4.69) is 10.1 Å². The first-order valence-electron chi connectivity index (χ1n) is 6.41. The number of para-hydroxylation sites is 1. The number of carbonyl (C=O) groups is 2. The highest BCUT2D eigenvalue weighted by molar-refractivity contribution is 7.18. The average Bonchev–Trinajstić information content (AvgIpc) is 3.12. The van der Waals surface area contributed by atoms with Crippen LogP contribution in [0.4, 0.5) is 5.00 Å². The monoisotopic (exact) mass is 303 g/mol. The van der Waals surface area contributed by atoms with Crippen LogP contribution in [0.5, 0.6) is 5.75 Å². The number of nitrogens with one attached hydrogen (secondary N) is 1. The molecule has 1 aliphatic rings. The average molecular weight is 303 g/mol. The molecule has 1 atom stereocenters. The van der Waals surface area contributed by atoms with Crippen LogP contribution in [0.1, 0.15) is 15.2 Å². The predicted molar refractivity (Wildman–Crippen MR) is 78.9 cm³/mol. The van der Waals surface area contributed by atoms with E-state index in [0.29, 0.717) is 16.3 Å². The van der Waals surface area contributed by atoms with Gasteiger partial charge in [0.05, 0.1) is 12.1 Å². The zero-order chi connectivity index (χ0) is 14.8. The van der Waals surface area contributed by atoms with Crippen molar-refractivity contribution >= 4 is 28.2 Å². The Labute approximate surface area is 125 Å². The van der Waals surface area contributed by atoms with Crippen LogP contribution in [-0.4, -0.2) is 25.1 Å². The van der Waals surface area contributed by atoms with Crippen LogP contribution >= 0.6 is 11.3 Å². The number of amides is 1. The second-order valence-electron chi connectivity index (χ2n) is 4.56. The zero-order valence-electron chi connectivity index (χ0n) is 11.3. The Morgan fingerprint density at radius 2 is 2.10 bits per heavy atom. The lowest BCUT2D eigenvalue weighted by molar-refractivity contribution is -0.122. The number of anilines is 1. The summed E-state index contributed by atoms with van der Waals surface area (Å²) in [4.78, 5) is 24.0. The van der Waals surface area contributed by atoms with Gasteiger partial charge in [-0.3, -0.25) is 4.79 Å². The van der Waals surface area contributed by atoms with Gasteiger partial charge in [-0.25, -0.2) is 4.79 Å². The Morgan fingerprint density at radius 1 is 1.29 bits per heavy atom. The quantitative estimate of drug-likeness (QED) is 0.885. The van der Waals surface area contributed by atoms with E-state index in [9.17, 15) is 9.59 Å². The number of hydrogen-bond acceptors (Lipinski definition) is 5. The normalized spacial score (nSPS) is 16.0. The second-order valence-corrected chi connectivity index (χ2v) is 5.65. The van der Waals surface area contributed by atoms with E-state index in [1.165, 1.54) is 18.4 Å². The number of esters is 1. The van der Waals surface area contributed by atoms with Gasteiger partial charge in [0.25, 0.3) is 5.91 Å². The minimum atomic E-state index is -0.536. The molecule has 6 heteroatoms. The van der Waals surface area contributed by atoms with Crippen LogP contribution in [0.25, 0.3) is 0 Å². The highest BCUT2D eigenvalue weighted by Gasteiger charge is 2.29. The Bertz CT molecular complexity index is 669. The summed E-state index contributed by atoms with van der Waals surface area (Å²) in [6.07, 6.45) is 0.0168. The van der Waals surface area contributed by atoms with Crippen molar-refractivity contribution < 1.29 is 19.1 Å². The number of methoxy groups -OCH3 is 1. The molecule has 0 aliphatic carbocycles. The molecule has 5 nitrogen and oxygen atoms in total. The van der Waals surface area contributed by atoms with Gasteiger partial charge < -0.3 is 14.8 Å². The molecule has 1 aliphatic heterocycles. The molecule has 2 heterocycles. The SMILES string of the molecule is COC(=O)c1ccc(NC(=O)C2Cc3ccccc3O2)s1. The van der Waals surface area contributed by atoms with E-state index in [1.807, 2.05) is 24.3 Å². The van der Waals surface area contributed by atoms with Gasteiger partial charge in [-0.1, -0.05) is 18.2 Å². The summed E-state index contributed by atoms with van der Waals surface area (Å²) in [5, 5.41) is 3.36. The molecule has 0 radical (unpaired) electrons. The minimum absolute atomic E-state index is 0.218. The third-order valence-electron chi connectivity index (χ3n) is 3.18. The van der Waals surface area contributed by atoms with Crippen LogP contribution in [0.2, 0.25) is 0 Å². The van der Waals surface area contributed by atoms with Crippen LogP contribution in [0.3, 0.4) is 0 Å². The summed E-state index contributed by atoms with van der Waals surface area (Å²) in [5.41, 5.74) is 1.03. The molecular formula is C15H13NO4S. The van der Waals surface area contributed by atoms with Crippen molar-refractivity contribution in [1.82, 2.24) is 0 Å². The predicted octanol–water partition coefficient (Wildman–Crippen LogP) is 2.48. The zero-order valence-corrected chi connectivity index (χ0v) is 12.1. The van der Waals surface area contributed by atoms with Crippen LogP contribution in [0, 0.1) is 0 Å². The van der Waals surface area contributed by atoms with Crippen LogP contribution in [0.15, 0.2) is 36.4 Å². The van der Waals surface area contributed by atoms with E-state index >= 15 is 0 Å². The van der Waals surface area contributed by atoms with E-state index < -0.39 is 12.1 Å². The van der Waals surface area contributed by atoms with Crippen molar-refractivity contribution in [2.45, 2.75) is 12.5 Å². The molecule has 1 unspecified atom stereocenters. The molecule has 21 heavy (non-hydrogen) atoms. The van der Waals surface area contributed by atoms with Gasteiger partial charge in [0.15, 0.2) is 6.10 Å². The molecule has 108 valence electrons. The van der Waals surface area contributed by atoms with Gasteiger partial charge in [0, 0.05) is 6.42 Å². The van der Waals surface area contributed by atoms with Crippen molar-refractivity contribution in [2.24, 2.45) is 0 Å². The fourth-order valence-corrected chi connectivity index (χ4v) is 2.97. The third-order valence-corrected chi connectivity index (χ3v) is 4.16. The Hall–Kier alpha value is -2.34. The maximum Gasteiger partial charge on any atom is 0.348 e. The summed E-state index contributed by atoms with van der Waals surface area (Å²) in [7, 11) is 1.32. The summed E-state index contributed by atoms with van der Waals surface area (Å²) < 4.78 is 10.2. The molecule has 0 saturated carbocycles. The second kappa shape index (κ2) is 5.57. The minimum Gasteiger partial charge on any atom is -0.480 e. The molecular weight excluding hydrogens is 290 g/mol. The number of thiophene rings is 1. The number of benzene rings is 1. The first kappa shape index (κ1) is 13.6. The summed E-state index contributed by atoms with van der Waals surface area (Å²) >= 11 is 1.17. The highest BCUT2D eigenvalue weighted by atomic mass is 32.1. The summed E-state index contributed by atoms with van der Waals surface area (Å²) in [5.74, 6) is 0.119. The maximum atomic E-state index is 12.2. The number of rotatable bonds is 3. The number of carbonyl (C=O) groups excluding carboxylic acids is 2. The van der Waals surface area contributed by atoms with Crippen molar-refractivity contribution in [3.8, 4) is 5.75 Å². The van der Waals surface area contributed by atoms with Crippen molar-refractivity contribution in [1.29, 1.82) is 0 Å². The maximum absolute atomic E-state index is 12.2. The van der Waals surface area contributed by atoms with Gasteiger partial charge in [0.2, 0.25) is 0 Å². The smallest absolute Gasteiger partial charge is 0.348 e. The lowest BCUT2D eigenvalue weighted by Crippen LogP contribution is -2.31. The lowest BCUT2D eigenvalue weighted by Gasteiger charge is -2.09. The topological polar surface area (TPSA) is 64.6 Å². The summed E-state index contributed by atoms with van der Waals surface area (Å²) in [6.45, 7) is 0. The largest absolute Gasteiger partial charge is 0.480 e. The van der Waals surface area contributed by atoms with Crippen molar-refractivity contribution in [3.63, 3.8) is 0 Å². The molecule has 1 aromatic carbocycles. The lowest BCUT2D eigenvalue weighted by atomic mass is 10.1. The van der Waals surface area contributed by atoms with Gasteiger partial charge in [-0.15, -0.1) is 11.3 Å². The van der Waals surface area contributed by atoms with Crippen molar-refractivity contribution in [3.05, 3.63) is 46.8 Å². The fraction of sp³-hybridized carbons (Fsp3) is 0.200. The first-order valence-corrected chi connectivity index (χ1v) is 7.22. The Balaban J connectivity index is 1.65. The van der Waals surface area contributed by atoms with Crippen LogP contribution in [-0.2, 0) is 16.0 Å². The summed E-state index contributed by atoms with van der Waals surface area (Å²) in [6, 6.07) is 10.9. The third kappa shape index (κ3) is 2.75. The molecule has 1 amide bonds. The highest BCUT2D eigenvalue weighted by Crippen LogP contribution is 2.29. The molecule has 1 N–H and O–H groups in total. The fourth-order valence-electron chi connectivity index (χ4n) is 2.15. The standard InChI is InChI=1S/C15H13NO4S/c1-19-15(18)12-6-7-13(21-12)16-14(17)11-8-9-4-2-3-5-10(9)20-11/h2-7,11H,8H2,1H3,(H,16,17). The van der Waals surface area contributed by atoms with Gasteiger partial charge in [0.1, 0.15) is 10.6 Å². The number of hydrogen-bond donors (Lipinski definition) is 1.